The number of hydrogen-bond acceptors (Lipinski definition) is 1. The lowest BCUT2D eigenvalue weighted by molar-refractivity contribution is -0.120. The normalized spacial score (nSPS) is 9.86. The molecule has 0 bridgehead atoms. The molecule has 14 heavy (non-hydrogen) atoms. The summed E-state index contributed by atoms with van der Waals surface area (Å²) in [5.74, 6) is 0.580. The molecule has 1 aromatic rings. The van der Waals surface area contributed by atoms with Crippen LogP contribution in [0.3, 0.4) is 0 Å². The van der Waals surface area contributed by atoms with E-state index in [0.29, 0.717) is 18.8 Å². The molecule has 76 valence electrons. The highest BCUT2D eigenvalue weighted by molar-refractivity contribution is 6.17. The predicted molar refractivity (Wildman–Crippen MR) is 58.1 cm³/mol. The van der Waals surface area contributed by atoms with E-state index in [1.165, 1.54) is 0 Å². The SMILES string of the molecule is CCC(=O)NCc1cccc(CCl)c1. The molecule has 0 aliphatic rings. The number of carbonyl (C=O) groups is 1. The smallest absolute Gasteiger partial charge is 0.219 e. The van der Waals surface area contributed by atoms with E-state index in [-0.39, 0.29) is 5.91 Å². The summed E-state index contributed by atoms with van der Waals surface area (Å²) >= 11 is 5.70. The van der Waals surface area contributed by atoms with Crippen molar-refractivity contribution in [3.63, 3.8) is 0 Å². The monoisotopic (exact) mass is 211 g/mol. The highest BCUT2D eigenvalue weighted by Gasteiger charge is 1.98. The fourth-order valence-electron chi connectivity index (χ4n) is 1.15. The Morgan fingerprint density at radius 3 is 2.79 bits per heavy atom. The molecule has 0 saturated heterocycles. The molecule has 0 aliphatic heterocycles. The number of nitrogens with one attached hydrogen (secondary N) is 1. The molecule has 1 aromatic carbocycles. The molecule has 0 aliphatic carbocycles. The molecule has 0 spiro atoms. The molecule has 2 nitrogen and oxygen atoms in total. The summed E-state index contributed by atoms with van der Waals surface area (Å²) in [5, 5.41) is 2.82. The molecule has 3 heteroatoms. The topological polar surface area (TPSA) is 29.1 Å². The van der Waals surface area contributed by atoms with Crippen LogP contribution in [0.25, 0.3) is 0 Å². The van der Waals surface area contributed by atoms with Gasteiger partial charge >= 0.3 is 0 Å². The lowest BCUT2D eigenvalue weighted by Gasteiger charge is -2.04. The van der Waals surface area contributed by atoms with E-state index in [1.54, 1.807) is 0 Å². The molecular weight excluding hydrogens is 198 g/mol. The predicted octanol–water partition coefficient (Wildman–Crippen LogP) is 2.45. The highest BCUT2D eigenvalue weighted by Crippen LogP contribution is 2.07. The van der Waals surface area contributed by atoms with Crippen LogP contribution in [-0.2, 0) is 17.2 Å². The highest BCUT2D eigenvalue weighted by atomic mass is 35.5. The zero-order chi connectivity index (χ0) is 10.4. The number of benzene rings is 1. The Labute approximate surface area is 89.3 Å². The van der Waals surface area contributed by atoms with Gasteiger partial charge in [0.05, 0.1) is 0 Å². The third kappa shape index (κ3) is 3.38. The number of carbonyl (C=O) groups excluding carboxylic acids is 1. The molecular formula is C11H14ClNO. The molecule has 0 atom stereocenters. The minimum atomic E-state index is 0.0706. The Morgan fingerprint density at radius 1 is 1.43 bits per heavy atom. The molecule has 1 amide bonds. The van der Waals surface area contributed by atoms with Gasteiger partial charge in [-0.25, -0.2) is 0 Å². The number of halogens is 1. The molecule has 0 radical (unpaired) electrons. The first-order valence-corrected chi connectivity index (χ1v) is 5.20. The zero-order valence-electron chi connectivity index (χ0n) is 8.22. The zero-order valence-corrected chi connectivity index (χ0v) is 8.97. The van der Waals surface area contributed by atoms with Gasteiger partial charge in [-0.15, -0.1) is 11.6 Å². The van der Waals surface area contributed by atoms with Crippen LogP contribution < -0.4 is 5.32 Å². The molecule has 0 unspecified atom stereocenters. The van der Waals surface area contributed by atoms with Crippen molar-refractivity contribution >= 4 is 17.5 Å². The summed E-state index contributed by atoms with van der Waals surface area (Å²) in [6.45, 7) is 2.42. The fraction of sp³-hybridized carbons (Fsp3) is 0.364. The van der Waals surface area contributed by atoms with Crippen LogP contribution in [0.15, 0.2) is 24.3 Å². The third-order valence-electron chi connectivity index (χ3n) is 1.96. The van der Waals surface area contributed by atoms with Crippen LogP contribution in [0.2, 0.25) is 0 Å². The van der Waals surface area contributed by atoms with Crippen molar-refractivity contribution in [3.05, 3.63) is 35.4 Å². The summed E-state index contributed by atoms with van der Waals surface area (Å²) < 4.78 is 0. The van der Waals surface area contributed by atoms with E-state index in [2.05, 4.69) is 5.32 Å². The Balaban J connectivity index is 2.54. The molecule has 0 saturated carbocycles. The molecule has 0 aromatic heterocycles. The first kappa shape index (κ1) is 11.1. The first-order chi connectivity index (χ1) is 6.76. The van der Waals surface area contributed by atoms with Crippen LogP contribution in [0.4, 0.5) is 0 Å². The van der Waals surface area contributed by atoms with Crippen molar-refractivity contribution in [2.75, 3.05) is 0 Å². The van der Waals surface area contributed by atoms with Crippen molar-refractivity contribution < 1.29 is 4.79 Å². The number of alkyl halides is 1. The number of amides is 1. The average molecular weight is 212 g/mol. The Morgan fingerprint density at radius 2 is 2.14 bits per heavy atom. The lowest BCUT2D eigenvalue weighted by atomic mass is 10.1. The van der Waals surface area contributed by atoms with Crippen LogP contribution in [0.5, 0.6) is 0 Å². The van der Waals surface area contributed by atoms with Gasteiger partial charge in [-0.1, -0.05) is 31.2 Å². The minimum absolute atomic E-state index is 0.0706. The van der Waals surface area contributed by atoms with E-state index in [1.807, 2.05) is 31.2 Å². The Kier molecular flexibility index (Phi) is 4.47. The van der Waals surface area contributed by atoms with E-state index >= 15 is 0 Å². The number of hydrogen-bond donors (Lipinski definition) is 1. The van der Waals surface area contributed by atoms with Gasteiger partial charge in [0.1, 0.15) is 0 Å². The third-order valence-corrected chi connectivity index (χ3v) is 2.27. The number of rotatable bonds is 4. The summed E-state index contributed by atoms with van der Waals surface area (Å²) in [7, 11) is 0. The Hall–Kier alpha value is -1.02. The van der Waals surface area contributed by atoms with Gasteiger partial charge in [0.2, 0.25) is 5.91 Å². The van der Waals surface area contributed by atoms with Gasteiger partial charge in [0.15, 0.2) is 0 Å². The average Bonchev–Trinajstić information content (AvgIpc) is 2.26. The Bertz CT molecular complexity index is 312. The first-order valence-electron chi connectivity index (χ1n) is 4.66. The van der Waals surface area contributed by atoms with Crippen molar-refractivity contribution in [3.8, 4) is 0 Å². The van der Waals surface area contributed by atoms with Crippen LogP contribution >= 0.6 is 11.6 Å². The molecule has 0 fully saturated rings. The van der Waals surface area contributed by atoms with E-state index in [9.17, 15) is 4.79 Å². The lowest BCUT2D eigenvalue weighted by Crippen LogP contribution is -2.21. The molecule has 1 N–H and O–H groups in total. The largest absolute Gasteiger partial charge is 0.352 e. The van der Waals surface area contributed by atoms with Gasteiger partial charge < -0.3 is 5.32 Å². The maximum Gasteiger partial charge on any atom is 0.219 e. The van der Waals surface area contributed by atoms with E-state index in [0.717, 1.165) is 11.1 Å². The van der Waals surface area contributed by atoms with Gasteiger partial charge in [0, 0.05) is 18.8 Å². The van der Waals surface area contributed by atoms with Crippen LogP contribution in [0.1, 0.15) is 24.5 Å². The summed E-state index contributed by atoms with van der Waals surface area (Å²) in [4.78, 5) is 11.0. The maximum atomic E-state index is 11.0. The van der Waals surface area contributed by atoms with Gasteiger partial charge in [0.25, 0.3) is 0 Å². The summed E-state index contributed by atoms with van der Waals surface area (Å²) in [6.07, 6.45) is 0.523. The summed E-state index contributed by atoms with van der Waals surface area (Å²) in [6, 6.07) is 7.90. The van der Waals surface area contributed by atoms with Gasteiger partial charge in [-0.3, -0.25) is 4.79 Å². The minimum Gasteiger partial charge on any atom is -0.352 e. The van der Waals surface area contributed by atoms with Gasteiger partial charge in [-0.2, -0.15) is 0 Å². The summed E-state index contributed by atoms with van der Waals surface area (Å²) in [5.41, 5.74) is 2.17. The van der Waals surface area contributed by atoms with E-state index < -0.39 is 0 Å². The van der Waals surface area contributed by atoms with Crippen LogP contribution in [-0.4, -0.2) is 5.91 Å². The fourth-order valence-corrected chi connectivity index (χ4v) is 1.31. The standard InChI is InChI=1S/C11H14ClNO/c1-2-11(14)13-8-10-5-3-4-9(6-10)7-12/h3-6H,2,7-8H2,1H3,(H,13,14). The van der Waals surface area contributed by atoms with Crippen molar-refractivity contribution in [2.24, 2.45) is 0 Å². The molecule has 0 heterocycles. The van der Waals surface area contributed by atoms with Crippen LogP contribution in [0, 0.1) is 0 Å². The second-order valence-electron chi connectivity index (χ2n) is 3.08. The van der Waals surface area contributed by atoms with Crippen molar-refractivity contribution in [2.45, 2.75) is 25.8 Å². The maximum absolute atomic E-state index is 11.0. The van der Waals surface area contributed by atoms with Gasteiger partial charge in [-0.05, 0) is 11.1 Å². The quantitative estimate of drug-likeness (QED) is 0.762. The van der Waals surface area contributed by atoms with Crippen molar-refractivity contribution in [1.29, 1.82) is 0 Å². The second-order valence-corrected chi connectivity index (χ2v) is 3.35. The molecule has 1 rings (SSSR count). The second kappa shape index (κ2) is 5.66. The van der Waals surface area contributed by atoms with E-state index in [4.69, 9.17) is 11.6 Å². The van der Waals surface area contributed by atoms with Crippen molar-refractivity contribution in [1.82, 2.24) is 5.32 Å².